The van der Waals surface area contributed by atoms with Crippen molar-refractivity contribution in [3.63, 3.8) is 0 Å². The van der Waals surface area contributed by atoms with Gasteiger partial charge in [0.05, 0.1) is 28.7 Å². The first kappa shape index (κ1) is 30.0. The molecule has 1 amide bonds. The number of carbonyl (C=O) groups excluding carboxylic acids is 1. The molecule has 1 aromatic heterocycles. The summed E-state index contributed by atoms with van der Waals surface area (Å²) in [5, 5.41) is 0. The molecule has 0 aliphatic carbocycles. The molecule has 0 N–H and O–H groups in total. The average Bonchev–Trinajstić information content (AvgIpc) is 2.95. The quantitative estimate of drug-likeness (QED) is 0.379. The number of sulfonamides is 1. The Balaban J connectivity index is 1.60. The minimum absolute atomic E-state index is 0.000217. The molecule has 0 bridgehead atoms. The lowest BCUT2D eigenvalue weighted by Crippen LogP contribution is -2.40. The molecule has 0 radical (unpaired) electrons. The fourth-order valence-electron chi connectivity index (χ4n) is 5.18. The highest BCUT2D eigenvalue weighted by Crippen LogP contribution is 2.37. The van der Waals surface area contributed by atoms with E-state index in [4.69, 9.17) is 4.18 Å². The van der Waals surface area contributed by atoms with Gasteiger partial charge in [0.15, 0.2) is 5.82 Å². The van der Waals surface area contributed by atoms with Gasteiger partial charge < -0.3 is 9.08 Å². The number of amides is 1. The van der Waals surface area contributed by atoms with E-state index in [2.05, 4.69) is 9.97 Å². The molecular weight excluding hydrogens is 590 g/mol. The van der Waals surface area contributed by atoms with Gasteiger partial charge in [-0.25, -0.2) is 22.2 Å². The Morgan fingerprint density at radius 1 is 0.929 bits per heavy atom. The number of halogens is 2. The maximum Gasteiger partial charge on any atom is 0.340 e. The number of fused-ring (bicyclic) bond motifs is 1. The van der Waals surface area contributed by atoms with Crippen molar-refractivity contribution in [3.05, 3.63) is 76.2 Å². The fourth-order valence-corrected chi connectivity index (χ4v) is 7.92. The molecule has 3 heterocycles. The van der Waals surface area contributed by atoms with Gasteiger partial charge in [-0.2, -0.15) is 17.7 Å². The minimum atomic E-state index is -4.49. The smallest absolute Gasteiger partial charge is 0.340 e. The van der Waals surface area contributed by atoms with Crippen LogP contribution in [0.5, 0.6) is 5.88 Å². The summed E-state index contributed by atoms with van der Waals surface area (Å²) in [6.07, 6.45) is 1.88. The SMILES string of the molecule is CC(=O)N1CCc2nc(C3CCCCN3S(=O)(=O)c3ccc(F)c(C)c3)nc(OS(=O)(=O)c3ccc(F)c(C)c3)c2C1. The topological polar surface area (TPSA) is 127 Å². The predicted octanol–water partition coefficient (Wildman–Crippen LogP) is 3.96. The molecule has 1 unspecified atom stereocenters. The van der Waals surface area contributed by atoms with Crippen LogP contribution >= 0.6 is 0 Å². The van der Waals surface area contributed by atoms with Crippen molar-refractivity contribution < 1.29 is 34.6 Å². The number of nitrogens with zero attached hydrogens (tertiary/aromatic N) is 4. The van der Waals surface area contributed by atoms with Gasteiger partial charge in [-0.1, -0.05) is 6.42 Å². The number of piperidine rings is 1. The van der Waals surface area contributed by atoms with Crippen LogP contribution < -0.4 is 4.18 Å². The molecule has 0 saturated carbocycles. The number of aromatic nitrogens is 2. The summed E-state index contributed by atoms with van der Waals surface area (Å²) >= 11 is 0. The number of aryl methyl sites for hydroxylation is 2. The van der Waals surface area contributed by atoms with Gasteiger partial charge in [0.25, 0.3) is 0 Å². The standard InChI is InChI=1S/C28H30F2N4O6S2/c1-17-14-20(7-9-23(17)29)41(36,37)34-12-5-4-6-26(34)27-31-25-11-13-33(19(3)35)16-22(25)28(32-27)40-42(38,39)21-8-10-24(30)18(2)15-21/h7-10,14-15,26H,4-6,11-13,16H2,1-3H3. The lowest BCUT2D eigenvalue weighted by atomic mass is 10.0. The lowest BCUT2D eigenvalue weighted by molar-refractivity contribution is -0.129. The number of carbonyl (C=O) groups is 1. The zero-order chi connectivity index (χ0) is 30.4. The third-order valence-corrected chi connectivity index (χ3v) is 10.7. The largest absolute Gasteiger partial charge is 0.358 e. The molecule has 1 saturated heterocycles. The van der Waals surface area contributed by atoms with Gasteiger partial charge >= 0.3 is 10.1 Å². The van der Waals surface area contributed by atoms with E-state index in [0.717, 1.165) is 24.3 Å². The second-order valence-corrected chi connectivity index (χ2v) is 13.9. The van der Waals surface area contributed by atoms with E-state index in [9.17, 15) is 30.4 Å². The fraction of sp³-hybridized carbons (Fsp3) is 0.393. The third kappa shape index (κ3) is 5.75. The zero-order valence-corrected chi connectivity index (χ0v) is 24.9. The number of rotatable bonds is 6. The summed E-state index contributed by atoms with van der Waals surface area (Å²) in [7, 11) is -8.59. The Morgan fingerprint density at radius 3 is 2.21 bits per heavy atom. The first-order valence-corrected chi connectivity index (χ1v) is 16.3. The molecule has 224 valence electrons. The van der Waals surface area contributed by atoms with Crippen molar-refractivity contribution in [2.24, 2.45) is 0 Å². The number of hydrogen-bond donors (Lipinski definition) is 0. The molecule has 10 nitrogen and oxygen atoms in total. The molecule has 0 spiro atoms. The van der Waals surface area contributed by atoms with Gasteiger partial charge in [-0.3, -0.25) is 4.79 Å². The van der Waals surface area contributed by atoms with Crippen LogP contribution in [0.25, 0.3) is 0 Å². The molecule has 42 heavy (non-hydrogen) atoms. The van der Waals surface area contributed by atoms with Crippen LogP contribution in [0.3, 0.4) is 0 Å². The summed E-state index contributed by atoms with van der Waals surface area (Å²) in [5.41, 5.74) is 1.02. The number of benzene rings is 2. The van der Waals surface area contributed by atoms with Gasteiger partial charge in [-0.15, -0.1) is 0 Å². The van der Waals surface area contributed by atoms with Crippen LogP contribution in [0.2, 0.25) is 0 Å². The van der Waals surface area contributed by atoms with Crippen LogP contribution in [0.15, 0.2) is 46.2 Å². The molecule has 2 aliphatic heterocycles. The highest BCUT2D eigenvalue weighted by atomic mass is 32.2. The van der Waals surface area contributed by atoms with E-state index in [0.29, 0.717) is 37.1 Å². The van der Waals surface area contributed by atoms with Crippen molar-refractivity contribution >= 4 is 26.0 Å². The molecule has 14 heteroatoms. The normalized spacial score (nSPS) is 18.0. The van der Waals surface area contributed by atoms with Crippen LogP contribution in [-0.2, 0) is 37.9 Å². The first-order chi connectivity index (χ1) is 19.8. The van der Waals surface area contributed by atoms with Gasteiger partial charge in [-0.05, 0) is 74.2 Å². The molecular formula is C28H30F2N4O6S2. The van der Waals surface area contributed by atoms with E-state index in [1.54, 1.807) is 0 Å². The highest BCUT2D eigenvalue weighted by molar-refractivity contribution is 7.89. The second-order valence-electron chi connectivity index (χ2n) is 10.5. The Bertz CT molecular complexity index is 1780. The van der Waals surface area contributed by atoms with Gasteiger partial charge in [0.1, 0.15) is 16.5 Å². The molecule has 3 aromatic rings. The Kier molecular flexibility index (Phi) is 8.07. The lowest BCUT2D eigenvalue weighted by Gasteiger charge is -2.35. The number of hydrogen-bond acceptors (Lipinski definition) is 8. The van der Waals surface area contributed by atoms with E-state index >= 15 is 0 Å². The second kappa shape index (κ2) is 11.3. The van der Waals surface area contributed by atoms with Crippen molar-refractivity contribution in [2.75, 3.05) is 13.1 Å². The minimum Gasteiger partial charge on any atom is -0.358 e. The van der Waals surface area contributed by atoms with E-state index in [-0.39, 0.29) is 58.0 Å². The summed E-state index contributed by atoms with van der Waals surface area (Å²) < 4.78 is 88.6. The van der Waals surface area contributed by atoms with Crippen molar-refractivity contribution in [1.29, 1.82) is 0 Å². The first-order valence-electron chi connectivity index (χ1n) is 13.4. The highest BCUT2D eigenvalue weighted by Gasteiger charge is 2.38. The van der Waals surface area contributed by atoms with E-state index in [1.165, 1.54) is 42.1 Å². The molecule has 1 fully saturated rings. The van der Waals surface area contributed by atoms with E-state index < -0.39 is 37.8 Å². The van der Waals surface area contributed by atoms with Gasteiger partial charge in [0, 0.05) is 26.4 Å². The van der Waals surface area contributed by atoms with Crippen LogP contribution in [0.4, 0.5) is 8.78 Å². The predicted molar refractivity (Wildman–Crippen MR) is 147 cm³/mol. The van der Waals surface area contributed by atoms with Gasteiger partial charge in [0.2, 0.25) is 21.8 Å². The van der Waals surface area contributed by atoms with Crippen molar-refractivity contribution in [2.45, 2.75) is 68.8 Å². The summed E-state index contributed by atoms with van der Waals surface area (Å²) in [4.78, 5) is 22.4. The molecule has 2 aliphatic rings. The summed E-state index contributed by atoms with van der Waals surface area (Å²) in [6.45, 7) is 4.77. The average molecular weight is 621 g/mol. The monoisotopic (exact) mass is 620 g/mol. The van der Waals surface area contributed by atoms with Crippen LogP contribution in [-0.4, -0.2) is 55.0 Å². The van der Waals surface area contributed by atoms with E-state index in [1.807, 2.05) is 0 Å². The van der Waals surface area contributed by atoms with Crippen LogP contribution in [0.1, 0.15) is 60.4 Å². The summed E-state index contributed by atoms with van der Waals surface area (Å²) in [6, 6.07) is 5.97. The van der Waals surface area contributed by atoms with Crippen molar-refractivity contribution in [3.8, 4) is 5.88 Å². The third-order valence-electron chi connectivity index (χ3n) is 7.58. The molecule has 5 rings (SSSR count). The maximum atomic E-state index is 13.9. The maximum absolute atomic E-state index is 13.9. The summed E-state index contributed by atoms with van der Waals surface area (Å²) in [5.74, 6) is -1.59. The Hall–Kier alpha value is -3.49. The molecule has 1 atom stereocenters. The van der Waals surface area contributed by atoms with Crippen molar-refractivity contribution in [1.82, 2.24) is 19.2 Å². The zero-order valence-electron chi connectivity index (χ0n) is 23.3. The van der Waals surface area contributed by atoms with Crippen LogP contribution in [0, 0.1) is 25.5 Å². The Labute approximate surface area is 243 Å². The molecule has 2 aromatic carbocycles. The Morgan fingerprint density at radius 2 is 1.57 bits per heavy atom.